The molecule has 2 heterocycles. The topological polar surface area (TPSA) is 16.1 Å². The van der Waals surface area contributed by atoms with Crippen molar-refractivity contribution in [1.82, 2.24) is 9.88 Å². The summed E-state index contributed by atoms with van der Waals surface area (Å²) < 4.78 is 1.09. The maximum atomic E-state index is 4.59. The zero-order valence-electron chi connectivity index (χ0n) is 10.6. The first-order valence-electron chi connectivity index (χ1n) is 6.46. The molecule has 0 radical (unpaired) electrons. The summed E-state index contributed by atoms with van der Waals surface area (Å²) in [4.78, 5) is 7.00. The summed E-state index contributed by atoms with van der Waals surface area (Å²) >= 11 is 3.49. The van der Waals surface area contributed by atoms with Crippen LogP contribution in [-0.2, 0) is 0 Å². The van der Waals surface area contributed by atoms with Crippen molar-refractivity contribution in [1.29, 1.82) is 0 Å². The van der Waals surface area contributed by atoms with E-state index < -0.39 is 0 Å². The van der Waals surface area contributed by atoms with Gasteiger partial charge in [-0.25, -0.2) is 0 Å². The normalized spacial score (nSPS) is 18.3. The lowest BCUT2D eigenvalue weighted by Crippen LogP contribution is -2.29. The van der Waals surface area contributed by atoms with Gasteiger partial charge in [0.05, 0.1) is 5.52 Å². The summed E-state index contributed by atoms with van der Waals surface area (Å²) in [5, 5.41) is 1.25. The van der Waals surface area contributed by atoms with Gasteiger partial charge in [0.2, 0.25) is 0 Å². The molecule has 1 aromatic carbocycles. The highest BCUT2D eigenvalue weighted by Crippen LogP contribution is 2.29. The molecular formula is C15H17BrN2. The van der Waals surface area contributed by atoms with E-state index in [2.05, 4.69) is 63.3 Å². The molecule has 94 valence electrons. The molecule has 1 aliphatic heterocycles. The lowest BCUT2D eigenvalue weighted by atomic mass is 9.90. The maximum Gasteiger partial charge on any atom is 0.0713 e. The number of fused-ring (bicyclic) bond motifs is 1. The van der Waals surface area contributed by atoms with Crippen LogP contribution >= 0.6 is 15.9 Å². The van der Waals surface area contributed by atoms with E-state index in [9.17, 15) is 0 Å². The second-order valence-electron chi connectivity index (χ2n) is 5.18. The van der Waals surface area contributed by atoms with Gasteiger partial charge in [0.1, 0.15) is 0 Å². The quantitative estimate of drug-likeness (QED) is 0.796. The standard InChI is InChI=1S/C15H17BrN2/c1-18-6-4-11(5-7-18)13-8-12-2-3-14(16)9-15(12)17-10-13/h2-3,8-11H,4-7H2,1H3. The van der Waals surface area contributed by atoms with E-state index in [0.29, 0.717) is 5.92 Å². The highest BCUT2D eigenvalue weighted by atomic mass is 79.9. The van der Waals surface area contributed by atoms with Crippen LogP contribution in [0.4, 0.5) is 0 Å². The number of hydrogen-bond donors (Lipinski definition) is 0. The van der Waals surface area contributed by atoms with E-state index in [1.165, 1.54) is 36.9 Å². The zero-order chi connectivity index (χ0) is 12.5. The summed E-state index contributed by atoms with van der Waals surface area (Å²) in [6.07, 6.45) is 4.56. The van der Waals surface area contributed by atoms with Crippen LogP contribution in [0.2, 0.25) is 0 Å². The van der Waals surface area contributed by atoms with E-state index in [1.807, 2.05) is 0 Å². The molecule has 1 saturated heterocycles. The Kier molecular flexibility index (Phi) is 3.35. The highest BCUT2D eigenvalue weighted by molar-refractivity contribution is 9.10. The first-order valence-corrected chi connectivity index (χ1v) is 7.25. The lowest BCUT2D eigenvalue weighted by Gasteiger charge is -2.29. The van der Waals surface area contributed by atoms with Crippen molar-refractivity contribution in [3.8, 4) is 0 Å². The van der Waals surface area contributed by atoms with Gasteiger partial charge in [0.15, 0.2) is 0 Å². The van der Waals surface area contributed by atoms with E-state index in [4.69, 9.17) is 0 Å². The number of likely N-dealkylation sites (tertiary alicyclic amines) is 1. The van der Waals surface area contributed by atoms with Gasteiger partial charge < -0.3 is 4.90 Å². The van der Waals surface area contributed by atoms with Crippen molar-refractivity contribution in [2.75, 3.05) is 20.1 Å². The van der Waals surface area contributed by atoms with Crippen LogP contribution < -0.4 is 0 Å². The highest BCUT2D eigenvalue weighted by Gasteiger charge is 2.18. The van der Waals surface area contributed by atoms with Gasteiger partial charge in [0.25, 0.3) is 0 Å². The minimum atomic E-state index is 0.682. The number of rotatable bonds is 1. The Morgan fingerprint density at radius 3 is 2.78 bits per heavy atom. The first kappa shape index (κ1) is 12.1. The average molecular weight is 305 g/mol. The molecule has 0 spiro atoms. The minimum absolute atomic E-state index is 0.682. The van der Waals surface area contributed by atoms with Crippen molar-refractivity contribution < 1.29 is 0 Å². The third-order valence-electron chi connectivity index (χ3n) is 3.86. The van der Waals surface area contributed by atoms with E-state index in [0.717, 1.165) is 9.99 Å². The van der Waals surface area contributed by atoms with E-state index >= 15 is 0 Å². The Morgan fingerprint density at radius 2 is 2.00 bits per heavy atom. The predicted molar refractivity (Wildman–Crippen MR) is 78.9 cm³/mol. The van der Waals surface area contributed by atoms with Crippen LogP contribution in [0.3, 0.4) is 0 Å². The van der Waals surface area contributed by atoms with Gasteiger partial charge in [-0.15, -0.1) is 0 Å². The van der Waals surface area contributed by atoms with Crippen LogP contribution in [0, 0.1) is 0 Å². The summed E-state index contributed by atoms with van der Waals surface area (Å²) in [6.45, 7) is 2.39. The molecule has 3 rings (SSSR count). The van der Waals surface area contributed by atoms with E-state index in [-0.39, 0.29) is 0 Å². The molecule has 1 aliphatic rings. The number of halogens is 1. The largest absolute Gasteiger partial charge is 0.306 e. The lowest BCUT2D eigenvalue weighted by molar-refractivity contribution is 0.255. The van der Waals surface area contributed by atoms with Gasteiger partial charge >= 0.3 is 0 Å². The smallest absolute Gasteiger partial charge is 0.0713 e. The molecule has 0 amide bonds. The molecule has 0 saturated carbocycles. The van der Waals surface area contributed by atoms with Gasteiger partial charge in [-0.3, -0.25) is 4.98 Å². The Morgan fingerprint density at radius 1 is 1.22 bits per heavy atom. The number of nitrogens with zero attached hydrogens (tertiary/aromatic N) is 2. The Bertz CT molecular complexity index is 559. The molecule has 2 aromatic rings. The molecule has 1 aromatic heterocycles. The predicted octanol–water partition coefficient (Wildman–Crippen LogP) is 3.81. The zero-order valence-corrected chi connectivity index (χ0v) is 12.2. The summed E-state index contributed by atoms with van der Waals surface area (Å²) in [6, 6.07) is 8.62. The fourth-order valence-corrected chi connectivity index (χ4v) is 3.03. The molecular weight excluding hydrogens is 288 g/mol. The van der Waals surface area contributed by atoms with Crippen molar-refractivity contribution in [2.45, 2.75) is 18.8 Å². The minimum Gasteiger partial charge on any atom is -0.306 e. The number of benzene rings is 1. The molecule has 18 heavy (non-hydrogen) atoms. The fraction of sp³-hybridized carbons (Fsp3) is 0.400. The van der Waals surface area contributed by atoms with Crippen LogP contribution in [-0.4, -0.2) is 30.0 Å². The number of hydrogen-bond acceptors (Lipinski definition) is 2. The molecule has 0 unspecified atom stereocenters. The summed E-state index contributed by atoms with van der Waals surface area (Å²) in [7, 11) is 2.20. The fourth-order valence-electron chi connectivity index (χ4n) is 2.68. The molecule has 0 atom stereocenters. The third kappa shape index (κ3) is 2.43. The Hall–Kier alpha value is -0.930. The van der Waals surface area contributed by atoms with Gasteiger partial charge in [-0.1, -0.05) is 22.0 Å². The average Bonchev–Trinajstić information content (AvgIpc) is 2.39. The van der Waals surface area contributed by atoms with E-state index in [1.54, 1.807) is 0 Å². The molecule has 0 bridgehead atoms. The SMILES string of the molecule is CN1CCC(c2cnc3cc(Br)ccc3c2)CC1. The van der Waals surface area contributed by atoms with Crippen molar-refractivity contribution in [3.63, 3.8) is 0 Å². The summed E-state index contributed by atoms with van der Waals surface area (Å²) in [5.74, 6) is 0.682. The molecule has 2 nitrogen and oxygen atoms in total. The molecule has 1 fully saturated rings. The van der Waals surface area contributed by atoms with Gasteiger partial charge in [-0.2, -0.15) is 0 Å². The van der Waals surface area contributed by atoms with Crippen molar-refractivity contribution in [2.24, 2.45) is 0 Å². The van der Waals surface area contributed by atoms with Crippen molar-refractivity contribution in [3.05, 3.63) is 40.5 Å². The molecule has 0 aliphatic carbocycles. The summed E-state index contributed by atoms with van der Waals surface area (Å²) in [5.41, 5.74) is 2.47. The van der Waals surface area contributed by atoms with Crippen LogP contribution in [0.1, 0.15) is 24.3 Å². The van der Waals surface area contributed by atoms with Gasteiger partial charge in [0, 0.05) is 16.1 Å². The maximum absolute atomic E-state index is 4.59. The number of aromatic nitrogens is 1. The second kappa shape index (κ2) is 4.98. The first-order chi connectivity index (χ1) is 8.72. The Balaban J connectivity index is 1.91. The Labute approximate surface area is 116 Å². The van der Waals surface area contributed by atoms with Gasteiger partial charge in [-0.05, 0) is 62.7 Å². The number of piperidine rings is 1. The van der Waals surface area contributed by atoms with Crippen LogP contribution in [0.15, 0.2) is 34.9 Å². The second-order valence-corrected chi connectivity index (χ2v) is 6.10. The monoisotopic (exact) mass is 304 g/mol. The van der Waals surface area contributed by atoms with Crippen LogP contribution in [0.5, 0.6) is 0 Å². The third-order valence-corrected chi connectivity index (χ3v) is 4.35. The molecule has 0 N–H and O–H groups in total. The number of pyridine rings is 1. The van der Waals surface area contributed by atoms with Crippen LogP contribution in [0.25, 0.3) is 10.9 Å². The molecule has 3 heteroatoms. The van der Waals surface area contributed by atoms with Crippen molar-refractivity contribution >= 4 is 26.8 Å².